The van der Waals surface area contributed by atoms with E-state index in [4.69, 9.17) is 0 Å². The SMILES string of the molecule is Cc1[c-]c(C2(c3[c-]c(C)c(C)c(C)c3)c3ccccc3C(=O)N2C)cc(C)c1C.[Y]. The normalized spacial score (nSPS) is 14.5. The number of nitrogens with zero attached hydrogens (tertiary/aromatic N) is 1. The Kier molecular flexibility index (Phi) is 6.15. The predicted molar refractivity (Wildman–Crippen MR) is 117 cm³/mol. The van der Waals surface area contributed by atoms with E-state index in [9.17, 15) is 4.79 Å². The molecule has 1 heterocycles. The summed E-state index contributed by atoms with van der Waals surface area (Å²) in [7, 11) is 1.90. The summed E-state index contributed by atoms with van der Waals surface area (Å²) in [5, 5.41) is 0. The Labute approximate surface area is 205 Å². The molecular formula is C27H27NOY-2. The van der Waals surface area contributed by atoms with Crippen molar-refractivity contribution in [3.63, 3.8) is 0 Å². The summed E-state index contributed by atoms with van der Waals surface area (Å²) in [6.45, 7) is 12.7. The van der Waals surface area contributed by atoms with E-state index in [1.54, 1.807) is 0 Å². The number of hydrogen-bond acceptors (Lipinski definition) is 1. The quantitative estimate of drug-likeness (QED) is 0.452. The molecule has 0 atom stereocenters. The van der Waals surface area contributed by atoms with Crippen LogP contribution in [0.1, 0.15) is 60.4 Å². The minimum atomic E-state index is -0.736. The molecule has 3 heteroatoms. The van der Waals surface area contributed by atoms with Gasteiger partial charge < -0.3 is 4.90 Å². The Morgan fingerprint density at radius 1 is 0.800 bits per heavy atom. The number of carbonyl (C=O) groups is 1. The van der Waals surface area contributed by atoms with Gasteiger partial charge in [-0.25, -0.2) is 0 Å². The molecule has 0 aliphatic carbocycles. The van der Waals surface area contributed by atoms with Gasteiger partial charge in [0.2, 0.25) is 0 Å². The molecule has 4 rings (SSSR count). The van der Waals surface area contributed by atoms with E-state index in [-0.39, 0.29) is 38.6 Å². The van der Waals surface area contributed by atoms with Crippen molar-refractivity contribution in [1.82, 2.24) is 4.90 Å². The molecule has 0 unspecified atom stereocenters. The summed E-state index contributed by atoms with van der Waals surface area (Å²) in [5.74, 6) is 0.0363. The zero-order chi connectivity index (χ0) is 21.1. The zero-order valence-corrected chi connectivity index (χ0v) is 21.7. The van der Waals surface area contributed by atoms with E-state index in [0.717, 1.165) is 33.4 Å². The van der Waals surface area contributed by atoms with E-state index in [0.29, 0.717) is 0 Å². The molecule has 0 saturated heterocycles. The molecule has 30 heavy (non-hydrogen) atoms. The van der Waals surface area contributed by atoms with Gasteiger partial charge in [0.25, 0.3) is 5.91 Å². The van der Waals surface area contributed by atoms with Crippen LogP contribution < -0.4 is 0 Å². The fraction of sp³-hybridized carbons (Fsp3) is 0.296. The van der Waals surface area contributed by atoms with Gasteiger partial charge in [0, 0.05) is 45.3 Å². The Balaban J connectivity index is 0.00000256. The van der Waals surface area contributed by atoms with Crippen molar-refractivity contribution in [2.24, 2.45) is 0 Å². The van der Waals surface area contributed by atoms with E-state index in [1.165, 1.54) is 22.3 Å². The average Bonchev–Trinajstić information content (AvgIpc) is 2.92. The molecule has 1 aliphatic heterocycles. The van der Waals surface area contributed by atoms with Gasteiger partial charge in [-0.05, 0) is 11.6 Å². The molecule has 0 N–H and O–H groups in total. The summed E-state index contributed by atoms with van der Waals surface area (Å²) < 4.78 is 0. The van der Waals surface area contributed by atoms with Crippen LogP contribution in [0.15, 0.2) is 36.4 Å². The van der Waals surface area contributed by atoms with Crippen molar-refractivity contribution >= 4 is 5.91 Å². The van der Waals surface area contributed by atoms with Gasteiger partial charge in [-0.15, -0.1) is 11.1 Å². The van der Waals surface area contributed by atoms with Crippen LogP contribution >= 0.6 is 0 Å². The maximum Gasteiger partial charge on any atom is 0.255 e. The number of benzene rings is 3. The van der Waals surface area contributed by atoms with Crippen molar-refractivity contribution in [2.45, 2.75) is 47.1 Å². The first kappa shape index (κ1) is 22.9. The van der Waals surface area contributed by atoms with Crippen molar-refractivity contribution < 1.29 is 37.5 Å². The first-order chi connectivity index (χ1) is 13.7. The Hall–Kier alpha value is -1.77. The van der Waals surface area contributed by atoms with Gasteiger partial charge in [0.15, 0.2) is 0 Å². The molecule has 0 saturated carbocycles. The molecular weight excluding hydrogens is 443 g/mol. The van der Waals surface area contributed by atoms with E-state index in [1.807, 2.05) is 30.1 Å². The molecule has 0 aromatic heterocycles. The Morgan fingerprint density at radius 2 is 1.27 bits per heavy atom. The van der Waals surface area contributed by atoms with Gasteiger partial charge in [0.05, 0.1) is 5.54 Å². The van der Waals surface area contributed by atoms with Gasteiger partial charge in [-0.2, -0.15) is 57.6 Å². The monoisotopic (exact) mass is 470 g/mol. The summed E-state index contributed by atoms with van der Waals surface area (Å²) in [6.07, 6.45) is 0. The third-order valence-corrected chi connectivity index (χ3v) is 6.81. The zero-order valence-electron chi connectivity index (χ0n) is 18.9. The second-order valence-electron chi connectivity index (χ2n) is 8.35. The molecule has 1 aliphatic rings. The number of carbonyl (C=O) groups excluding carboxylic acids is 1. The fourth-order valence-electron chi connectivity index (χ4n) is 4.59. The molecule has 0 spiro atoms. The van der Waals surface area contributed by atoms with Crippen LogP contribution in [0.3, 0.4) is 0 Å². The summed E-state index contributed by atoms with van der Waals surface area (Å²) in [4.78, 5) is 15.2. The minimum absolute atomic E-state index is 0. The fourth-order valence-corrected chi connectivity index (χ4v) is 4.59. The maximum atomic E-state index is 13.3. The van der Waals surface area contributed by atoms with Crippen LogP contribution in [0.25, 0.3) is 0 Å². The number of aryl methyl sites for hydroxylation is 4. The summed E-state index contributed by atoms with van der Waals surface area (Å²) >= 11 is 0. The van der Waals surface area contributed by atoms with Crippen LogP contribution in [-0.4, -0.2) is 17.9 Å². The molecule has 1 amide bonds. The molecule has 0 fully saturated rings. The third kappa shape index (κ3) is 3.11. The number of amides is 1. The summed E-state index contributed by atoms with van der Waals surface area (Å²) in [6, 6.07) is 19.6. The minimum Gasteiger partial charge on any atom is -0.328 e. The molecule has 1 radical (unpaired) electrons. The standard InChI is InChI=1S/C27H27NO.Y/c1-16-12-22(13-17(2)20(16)5)27(23-14-18(3)21(6)19(4)15-23)25-11-9-8-10-24(25)26(29)28(27)7;/h8-12,14H,1-7H3;/q-2;. The molecule has 151 valence electrons. The second-order valence-corrected chi connectivity index (χ2v) is 8.35. The van der Waals surface area contributed by atoms with Crippen LogP contribution in [0.2, 0.25) is 0 Å². The first-order valence-corrected chi connectivity index (χ1v) is 10.1. The van der Waals surface area contributed by atoms with Crippen molar-refractivity contribution in [3.8, 4) is 0 Å². The van der Waals surface area contributed by atoms with Crippen LogP contribution in [0.4, 0.5) is 0 Å². The largest absolute Gasteiger partial charge is 0.328 e. The second kappa shape index (κ2) is 8.06. The van der Waals surface area contributed by atoms with Crippen LogP contribution in [0, 0.1) is 53.7 Å². The number of fused-ring (bicyclic) bond motifs is 1. The topological polar surface area (TPSA) is 20.3 Å². The van der Waals surface area contributed by atoms with Gasteiger partial charge >= 0.3 is 0 Å². The van der Waals surface area contributed by atoms with Crippen LogP contribution in [0.5, 0.6) is 0 Å². The maximum absolute atomic E-state index is 13.3. The predicted octanol–water partition coefficient (Wildman–Crippen LogP) is 5.51. The van der Waals surface area contributed by atoms with E-state index >= 15 is 0 Å². The van der Waals surface area contributed by atoms with Crippen LogP contribution in [-0.2, 0) is 38.2 Å². The average molecular weight is 470 g/mol. The van der Waals surface area contributed by atoms with Crippen molar-refractivity contribution in [1.29, 1.82) is 0 Å². The molecule has 3 aromatic rings. The number of hydrogen-bond donors (Lipinski definition) is 0. The van der Waals surface area contributed by atoms with Crippen molar-refractivity contribution in [2.75, 3.05) is 7.05 Å². The third-order valence-electron chi connectivity index (χ3n) is 6.81. The first-order valence-electron chi connectivity index (χ1n) is 10.1. The Morgan fingerprint density at radius 3 is 1.73 bits per heavy atom. The summed E-state index contributed by atoms with van der Waals surface area (Å²) in [5.41, 5.74) is 10.1. The van der Waals surface area contributed by atoms with E-state index in [2.05, 4.69) is 71.9 Å². The van der Waals surface area contributed by atoms with Gasteiger partial charge in [-0.3, -0.25) is 4.79 Å². The smallest absolute Gasteiger partial charge is 0.255 e. The molecule has 2 nitrogen and oxygen atoms in total. The van der Waals surface area contributed by atoms with Gasteiger partial charge in [-0.1, -0.05) is 59.7 Å². The van der Waals surface area contributed by atoms with E-state index < -0.39 is 5.54 Å². The Bertz CT molecular complexity index is 1060. The molecule has 3 aromatic carbocycles. The van der Waals surface area contributed by atoms with Gasteiger partial charge in [0.1, 0.15) is 0 Å². The molecule has 0 bridgehead atoms. The number of rotatable bonds is 2. The van der Waals surface area contributed by atoms with Crippen molar-refractivity contribution in [3.05, 3.63) is 104 Å².